The van der Waals surface area contributed by atoms with Gasteiger partial charge in [0.05, 0.1) is 0 Å². The van der Waals surface area contributed by atoms with Crippen molar-refractivity contribution in [2.75, 3.05) is 19.6 Å². The minimum Gasteiger partial charge on any atom is -0.303 e. The van der Waals surface area contributed by atoms with Crippen molar-refractivity contribution in [2.45, 2.75) is 31.6 Å². The van der Waals surface area contributed by atoms with Crippen LogP contribution in [0.15, 0.2) is 48.5 Å². The van der Waals surface area contributed by atoms with Crippen molar-refractivity contribution in [3.05, 3.63) is 71.3 Å². The molecule has 0 spiro atoms. The van der Waals surface area contributed by atoms with Crippen LogP contribution in [-0.2, 0) is 6.42 Å². The molecule has 2 aliphatic rings. The maximum Gasteiger partial charge on any atom is 0.123 e. The van der Waals surface area contributed by atoms with E-state index in [1.165, 1.54) is 37.1 Å². The number of unbranched alkanes of at least 4 members (excludes halogenated alkanes) is 1. The molecule has 1 heterocycles. The fraction of sp³-hybridized carbons (Fsp3) is 0.455. The van der Waals surface area contributed by atoms with Gasteiger partial charge in [0.15, 0.2) is 0 Å². The largest absolute Gasteiger partial charge is 0.303 e. The molecule has 2 aromatic rings. The Balaban J connectivity index is 1.21. The van der Waals surface area contributed by atoms with Gasteiger partial charge in [-0.05, 0) is 85.4 Å². The Morgan fingerprint density at radius 2 is 1.52 bits per heavy atom. The first-order chi connectivity index (χ1) is 12.2. The third-order valence-corrected chi connectivity index (χ3v) is 6.04. The second-order valence-electron chi connectivity index (χ2n) is 7.66. The fourth-order valence-electron chi connectivity index (χ4n) is 4.59. The Labute approximate surface area is 148 Å². The summed E-state index contributed by atoms with van der Waals surface area (Å²) in [6.45, 7) is 3.56. The number of nitrogens with zero attached hydrogens (tertiary/aromatic N) is 1. The summed E-state index contributed by atoms with van der Waals surface area (Å²) in [5, 5.41) is 0. The predicted molar refractivity (Wildman–Crippen MR) is 96.5 cm³/mol. The molecule has 0 amide bonds. The highest BCUT2D eigenvalue weighted by Crippen LogP contribution is 2.51. The third-order valence-electron chi connectivity index (χ3n) is 6.04. The second-order valence-corrected chi connectivity index (χ2v) is 7.66. The number of benzene rings is 2. The van der Waals surface area contributed by atoms with E-state index in [9.17, 15) is 8.78 Å². The SMILES string of the molecule is Fc1ccc(CCCCN2CC3CC(c4ccc(F)cc4)C3C2)cc1. The van der Waals surface area contributed by atoms with Gasteiger partial charge >= 0.3 is 0 Å². The zero-order valence-electron chi connectivity index (χ0n) is 14.5. The summed E-state index contributed by atoms with van der Waals surface area (Å²) in [6, 6.07) is 14.0. The van der Waals surface area contributed by atoms with Crippen LogP contribution in [-0.4, -0.2) is 24.5 Å². The van der Waals surface area contributed by atoms with Crippen LogP contribution in [0.1, 0.15) is 36.3 Å². The van der Waals surface area contributed by atoms with Gasteiger partial charge in [-0.1, -0.05) is 24.3 Å². The molecular formula is C22H25F2N. The Kier molecular flexibility index (Phi) is 4.85. The van der Waals surface area contributed by atoms with E-state index in [0.29, 0.717) is 5.92 Å². The topological polar surface area (TPSA) is 3.24 Å². The first-order valence-electron chi connectivity index (χ1n) is 9.41. The summed E-state index contributed by atoms with van der Waals surface area (Å²) >= 11 is 0. The normalized spacial score (nSPS) is 25.6. The van der Waals surface area contributed by atoms with Crippen LogP contribution in [0.3, 0.4) is 0 Å². The molecule has 2 aromatic carbocycles. The summed E-state index contributed by atoms with van der Waals surface area (Å²) in [4.78, 5) is 2.60. The molecule has 2 fully saturated rings. The quantitative estimate of drug-likeness (QED) is 0.667. The molecule has 0 bridgehead atoms. The average Bonchev–Trinajstić information content (AvgIpc) is 2.92. The van der Waals surface area contributed by atoms with Crippen molar-refractivity contribution < 1.29 is 8.78 Å². The van der Waals surface area contributed by atoms with Gasteiger partial charge in [0.2, 0.25) is 0 Å². The average molecular weight is 341 g/mol. The minimum absolute atomic E-state index is 0.145. The van der Waals surface area contributed by atoms with E-state index in [1.807, 2.05) is 24.3 Å². The van der Waals surface area contributed by atoms with E-state index >= 15 is 0 Å². The van der Waals surface area contributed by atoms with Gasteiger partial charge in [0.25, 0.3) is 0 Å². The number of hydrogen-bond acceptors (Lipinski definition) is 1. The standard InChI is InChI=1S/C22H25F2N/c23-19-8-4-16(5-9-19)3-1-2-12-25-14-18-13-21(22(18)15-25)17-6-10-20(24)11-7-17/h4-11,18,21-22H,1-3,12-15H2. The van der Waals surface area contributed by atoms with Gasteiger partial charge in [0, 0.05) is 13.1 Å². The number of rotatable bonds is 6. The molecule has 4 rings (SSSR count). The highest BCUT2D eigenvalue weighted by atomic mass is 19.1. The summed E-state index contributed by atoms with van der Waals surface area (Å²) in [6.07, 6.45) is 4.62. The molecule has 0 radical (unpaired) electrons. The van der Waals surface area contributed by atoms with Crippen LogP contribution in [0.2, 0.25) is 0 Å². The van der Waals surface area contributed by atoms with E-state index < -0.39 is 0 Å². The van der Waals surface area contributed by atoms with E-state index in [-0.39, 0.29) is 11.6 Å². The van der Waals surface area contributed by atoms with Crippen LogP contribution >= 0.6 is 0 Å². The van der Waals surface area contributed by atoms with Crippen molar-refractivity contribution in [1.29, 1.82) is 0 Å². The fourth-order valence-corrected chi connectivity index (χ4v) is 4.59. The van der Waals surface area contributed by atoms with Crippen LogP contribution in [0, 0.1) is 23.5 Å². The molecule has 132 valence electrons. The van der Waals surface area contributed by atoms with Crippen molar-refractivity contribution >= 4 is 0 Å². The van der Waals surface area contributed by atoms with E-state index in [0.717, 1.165) is 31.2 Å². The second kappa shape index (κ2) is 7.25. The molecule has 3 heteroatoms. The molecule has 3 unspecified atom stereocenters. The van der Waals surface area contributed by atoms with E-state index in [1.54, 1.807) is 24.3 Å². The number of aryl methyl sites for hydroxylation is 1. The van der Waals surface area contributed by atoms with Gasteiger partial charge in [-0.25, -0.2) is 8.78 Å². The predicted octanol–water partition coefficient (Wildman–Crippen LogP) is 5.02. The summed E-state index contributed by atoms with van der Waals surface area (Å²) in [5.74, 6) is 1.89. The molecule has 25 heavy (non-hydrogen) atoms. The first-order valence-corrected chi connectivity index (χ1v) is 9.41. The smallest absolute Gasteiger partial charge is 0.123 e. The number of fused-ring (bicyclic) bond motifs is 1. The first kappa shape index (κ1) is 16.7. The maximum atomic E-state index is 13.1. The highest BCUT2D eigenvalue weighted by molar-refractivity contribution is 5.25. The van der Waals surface area contributed by atoms with Gasteiger partial charge in [0.1, 0.15) is 11.6 Å². The van der Waals surface area contributed by atoms with Crippen LogP contribution in [0.5, 0.6) is 0 Å². The highest BCUT2D eigenvalue weighted by Gasteiger charge is 2.46. The lowest BCUT2D eigenvalue weighted by Crippen LogP contribution is -2.33. The monoisotopic (exact) mass is 341 g/mol. The van der Waals surface area contributed by atoms with E-state index in [4.69, 9.17) is 0 Å². The zero-order valence-corrected chi connectivity index (χ0v) is 14.5. The van der Waals surface area contributed by atoms with Gasteiger partial charge in [-0.2, -0.15) is 0 Å². The number of halogens is 2. The lowest BCUT2D eigenvalue weighted by molar-refractivity contribution is 0.191. The lowest BCUT2D eigenvalue weighted by Gasteiger charge is -2.40. The van der Waals surface area contributed by atoms with E-state index in [2.05, 4.69) is 4.90 Å². The molecular weight excluding hydrogens is 316 g/mol. The molecule has 1 saturated heterocycles. The van der Waals surface area contributed by atoms with Crippen molar-refractivity contribution in [1.82, 2.24) is 4.90 Å². The van der Waals surface area contributed by atoms with Gasteiger partial charge < -0.3 is 4.90 Å². The van der Waals surface area contributed by atoms with Crippen LogP contribution in [0.25, 0.3) is 0 Å². The molecule has 0 N–H and O–H groups in total. The molecule has 1 saturated carbocycles. The summed E-state index contributed by atoms with van der Waals surface area (Å²) < 4.78 is 26.0. The summed E-state index contributed by atoms with van der Waals surface area (Å²) in [5.41, 5.74) is 2.53. The molecule has 1 aliphatic carbocycles. The van der Waals surface area contributed by atoms with Gasteiger partial charge in [-0.3, -0.25) is 0 Å². The molecule has 0 aromatic heterocycles. The summed E-state index contributed by atoms with van der Waals surface area (Å²) in [7, 11) is 0. The van der Waals surface area contributed by atoms with Crippen molar-refractivity contribution in [3.8, 4) is 0 Å². The minimum atomic E-state index is -0.160. The maximum absolute atomic E-state index is 13.1. The third kappa shape index (κ3) is 3.77. The molecule has 1 aliphatic heterocycles. The van der Waals surface area contributed by atoms with Crippen molar-refractivity contribution in [3.63, 3.8) is 0 Å². The van der Waals surface area contributed by atoms with Crippen LogP contribution in [0.4, 0.5) is 8.78 Å². The Morgan fingerprint density at radius 1 is 0.840 bits per heavy atom. The Hall–Kier alpha value is -1.74. The van der Waals surface area contributed by atoms with Crippen molar-refractivity contribution in [2.24, 2.45) is 11.8 Å². The zero-order chi connectivity index (χ0) is 17.2. The molecule has 3 atom stereocenters. The lowest BCUT2D eigenvalue weighted by atomic mass is 9.64. The number of hydrogen-bond donors (Lipinski definition) is 0. The Morgan fingerprint density at radius 3 is 2.24 bits per heavy atom. The number of likely N-dealkylation sites (tertiary alicyclic amines) is 1. The van der Waals surface area contributed by atoms with Crippen LogP contribution < -0.4 is 0 Å². The molecule has 1 nitrogen and oxygen atoms in total. The Bertz CT molecular complexity index is 695. The van der Waals surface area contributed by atoms with Gasteiger partial charge in [-0.15, -0.1) is 0 Å².